The maximum absolute atomic E-state index is 13.1. The molecule has 1 unspecified atom stereocenters. The van der Waals surface area contributed by atoms with Crippen molar-refractivity contribution in [2.45, 2.75) is 32.9 Å². The zero-order valence-corrected chi connectivity index (χ0v) is 17.3. The molecule has 1 atom stereocenters. The second-order valence-corrected chi connectivity index (χ2v) is 7.47. The van der Waals surface area contributed by atoms with Crippen LogP contribution in [0.3, 0.4) is 0 Å². The minimum Gasteiger partial charge on any atom is -0.349 e. The number of carbonyl (C=O) groups excluding carboxylic acids is 2. The van der Waals surface area contributed by atoms with Crippen LogP contribution in [0.1, 0.15) is 36.1 Å². The summed E-state index contributed by atoms with van der Waals surface area (Å²) in [6.45, 7) is 5.49. The first-order chi connectivity index (χ1) is 13.3. The van der Waals surface area contributed by atoms with Gasteiger partial charge in [-0.3, -0.25) is 9.59 Å². The first-order valence-corrected chi connectivity index (χ1v) is 9.65. The minimum absolute atomic E-state index is 0.0324. The van der Waals surface area contributed by atoms with Crippen LogP contribution in [-0.4, -0.2) is 48.8 Å². The number of rotatable bonds is 9. The first-order valence-electron chi connectivity index (χ1n) is 9.65. The van der Waals surface area contributed by atoms with Gasteiger partial charge in [0.05, 0.1) is 12.5 Å². The van der Waals surface area contributed by atoms with Gasteiger partial charge in [0.2, 0.25) is 11.8 Å². The van der Waals surface area contributed by atoms with Gasteiger partial charge in [0, 0.05) is 26.6 Å². The normalized spacial score (nSPS) is 11.9. The highest BCUT2D eigenvalue weighted by Gasteiger charge is 2.21. The van der Waals surface area contributed by atoms with Gasteiger partial charge in [0.15, 0.2) is 0 Å². The Kier molecular flexibility index (Phi) is 8.20. The highest BCUT2D eigenvalue weighted by molar-refractivity contribution is 5.79. The van der Waals surface area contributed by atoms with Crippen LogP contribution in [0.5, 0.6) is 0 Å². The molecule has 0 radical (unpaired) electrons. The molecule has 2 amide bonds. The third-order valence-corrected chi connectivity index (χ3v) is 4.62. The fraction of sp³-hybridized carbons (Fsp3) is 0.391. The van der Waals surface area contributed by atoms with E-state index < -0.39 is 0 Å². The van der Waals surface area contributed by atoms with Crippen LogP contribution in [0.2, 0.25) is 0 Å². The summed E-state index contributed by atoms with van der Waals surface area (Å²) < 4.78 is 0. The van der Waals surface area contributed by atoms with Gasteiger partial charge >= 0.3 is 0 Å². The summed E-state index contributed by atoms with van der Waals surface area (Å²) in [4.78, 5) is 28.8. The van der Waals surface area contributed by atoms with E-state index in [1.165, 1.54) is 6.92 Å². The summed E-state index contributed by atoms with van der Waals surface area (Å²) >= 11 is 0. The summed E-state index contributed by atoms with van der Waals surface area (Å²) in [5.41, 5.74) is 3.19. The van der Waals surface area contributed by atoms with Gasteiger partial charge in [0.1, 0.15) is 0 Å². The number of hydrogen-bond donors (Lipinski definition) is 1. The molecule has 1 N–H and O–H groups in total. The lowest BCUT2D eigenvalue weighted by atomic mass is 10.0. The Bertz CT molecular complexity index is 757. The maximum atomic E-state index is 13.1. The summed E-state index contributed by atoms with van der Waals surface area (Å²) in [5, 5.41) is 2.93. The number of likely N-dealkylation sites (N-methyl/N-ethyl adjacent to an activating group) is 1. The van der Waals surface area contributed by atoms with Crippen molar-refractivity contribution in [3.63, 3.8) is 0 Å². The van der Waals surface area contributed by atoms with E-state index in [1.807, 2.05) is 80.5 Å². The Balaban J connectivity index is 2.16. The van der Waals surface area contributed by atoms with Crippen LogP contribution in [0.15, 0.2) is 54.6 Å². The lowest BCUT2D eigenvalue weighted by molar-refractivity contribution is -0.132. The molecule has 2 rings (SSSR count). The van der Waals surface area contributed by atoms with Crippen molar-refractivity contribution >= 4 is 11.8 Å². The van der Waals surface area contributed by atoms with Crippen LogP contribution >= 0.6 is 0 Å². The average molecular weight is 382 g/mol. The fourth-order valence-corrected chi connectivity index (χ4v) is 3.02. The third kappa shape index (κ3) is 7.16. The maximum Gasteiger partial charge on any atom is 0.225 e. The van der Waals surface area contributed by atoms with Gasteiger partial charge < -0.3 is 15.1 Å². The monoisotopic (exact) mass is 381 g/mol. The molecule has 0 saturated heterocycles. The molecule has 0 bridgehead atoms. The number of benzene rings is 2. The zero-order chi connectivity index (χ0) is 20.5. The van der Waals surface area contributed by atoms with Gasteiger partial charge in [-0.05, 0) is 32.1 Å². The van der Waals surface area contributed by atoms with Crippen LogP contribution < -0.4 is 5.32 Å². The van der Waals surface area contributed by atoms with Crippen LogP contribution in [0, 0.1) is 6.92 Å². The molecule has 0 fully saturated rings. The SMILES string of the molecule is CC(=O)NC(CC(=O)N(CCN(C)C)Cc1ccccc1)c1ccc(C)cc1. The summed E-state index contributed by atoms with van der Waals surface area (Å²) in [7, 11) is 4.00. The second-order valence-electron chi connectivity index (χ2n) is 7.47. The molecule has 2 aromatic rings. The molecule has 2 aromatic carbocycles. The van der Waals surface area contributed by atoms with Gasteiger partial charge in [-0.15, -0.1) is 0 Å². The Morgan fingerprint density at radius 3 is 2.18 bits per heavy atom. The van der Waals surface area contributed by atoms with E-state index in [9.17, 15) is 9.59 Å². The molecule has 0 aliphatic carbocycles. The molecule has 0 spiro atoms. The van der Waals surface area contributed by atoms with Crippen LogP contribution in [-0.2, 0) is 16.1 Å². The van der Waals surface area contributed by atoms with Crippen molar-refractivity contribution in [1.82, 2.24) is 15.1 Å². The van der Waals surface area contributed by atoms with Crippen molar-refractivity contribution in [3.05, 3.63) is 71.3 Å². The fourth-order valence-electron chi connectivity index (χ4n) is 3.02. The van der Waals surface area contributed by atoms with Crippen LogP contribution in [0.4, 0.5) is 0 Å². The second kappa shape index (κ2) is 10.6. The van der Waals surface area contributed by atoms with E-state index in [0.29, 0.717) is 13.1 Å². The Hall–Kier alpha value is -2.66. The first kappa shape index (κ1) is 21.6. The number of amides is 2. The quantitative estimate of drug-likeness (QED) is 0.726. The topological polar surface area (TPSA) is 52.7 Å². The predicted octanol–water partition coefficient (Wildman–Crippen LogP) is 3.15. The summed E-state index contributed by atoms with van der Waals surface area (Å²) in [6.07, 6.45) is 0.239. The van der Waals surface area contributed by atoms with Crippen LogP contribution in [0.25, 0.3) is 0 Å². The molecule has 0 aliphatic heterocycles. The Labute approximate surface area is 168 Å². The van der Waals surface area contributed by atoms with Crippen molar-refractivity contribution < 1.29 is 9.59 Å². The lowest BCUT2D eigenvalue weighted by Gasteiger charge is -2.27. The van der Waals surface area contributed by atoms with Crippen molar-refractivity contribution in [3.8, 4) is 0 Å². The van der Waals surface area contributed by atoms with Crippen molar-refractivity contribution in [1.29, 1.82) is 0 Å². The van der Waals surface area contributed by atoms with E-state index in [0.717, 1.165) is 23.2 Å². The number of nitrogens with zero attached hydrogens (tertiary/aromatic N) is 2. The van der Waals surface area contributed by atoms with E-state index >= 15 is 0 Å². The molecular weight excluding hydrogens is 350 g/mol. The Morgan fingerprint density at radius 1 is 0.964 bits per heavy atom. The average Bonchev–Trinajstić information content (AvgIpc) is 2.65. The van der Waals surface area contributed by atoms with Crippen molar-refractivity contribution in [2.75, 3.05) is 27.2 Å². The summed E-state index contributed by atoms with van der Waals surface area (Å²) in [6, 6.07) is 17.6. The largest absolute Gasteiger partial charge is 0.349 e. The molecule has 0 heterocycles. The van der Waals surface area contributed by atoms with E-state index in [-0.39, 0.29) is 24.3 Å². The zero-order valence-electron chi connectivity index (χ0n) is 17.3. The smallest absolute Gasteiger partial charge is 0.225 e. The third-order valence-electron chi connectivity index (χ3n) is 4.62. The summed E-state index contributed by atoms with van der Waals surface area (Å²) in [5.74, 6) is -0.105. The molecule has 0 aliphatic rings. The molecule has 28 heavy (non-hydrogen) atoms. The highest BCUT2D eigenvalue weighted by atomic mass is 16.2. The van der Waals surface area contributed by atoms with Crippen molar-refractivity contribution in [2.24, 2.45) is 0 Å². The number of carbonyl (C=O) groups is 2. The van der Waals surface area contributed by atoms with E-state index in [2.05, 4.69) is 10.2 Å². The lowest BCUT2D eigenvalue weighted by Crippen LogP contribution is -2.39. The van der Waals surface area contributed by atoms with E-state index in [4.69, 9.17) is 0 Å². The van der Waals surface area contributed by atoms with Gasteiger partial charge in [0.25, 0.3) is 0 Å². The number of hydrogen-bond acceptors (Lipinski definition) is 3. The number of aryl methyl sites for hydroxylation is 1. The Morgan fingerprint density at radius 2 is 1.61 bits per heavy atom. The molecule has 5 heteroatoms. The van der Waals surface area contributed by atoms with E-state index in [1.54, 1.807) is 0 Å². The molecule has 0 aromatic heterocycles. The highest BCUT2D eigenvalue weighted by Crippen LogP contribution is 2.20. The predicted molar refractivity (Wildman–Crippen MR) is 113 cm³/mol. The van der Waals surface area contributed by atoms with Gasteiger partial charge in [-0.25, -0.2) is 0 Å². The molecule has 0 saturated carbocycles. The minimum atomic E-state index is -0.330. The molecular formula is C23H31N3O2. The van der Waals surface area contributed by atoms with Gasteiger partial charge in [-0.1, -0.05) is 60.2 Å². The molecule has 5 nitrogen and oxygen atoms in total. The molecule has 150 valence electrons. The standard InChI is InChI=1S/C23H31N3O2/c1-18-10-12-21(13-11-18)22(24-19(2)27)16-23(28)26(15-14-25(3)4)17-20-8-6-5-7-9-20/h5-13,22H,14-17H2,1-4H3,(H,24,27). The number of nitrogens with one attached hydrogen (secondary N) is 1. The van der Waals surface area contributed by atoms with Gasteiger partial charge in [-0.2, -0.15) is 0 Å².